The van der Waals surface area contributed by atoms with Crippen LogP contribution in [0.3, 0.4) is 0 Å². The summed E-state index contributed by atoms with van der Waals surface area (Å²) in [5, 5.41) is 8.06. The predicted octanol–water partition coefficient (Wildman–Crippen LogP) is 5.83. The second-order valence-corrected chi connectivity index (χ2v) is 17.4. The Hall–Kier alpha value is -5.15. The van der Waals surface area contributed by atoms with Crippen LogP contribution in [0.15, 0.2) is 60.8 Å². The molecule has 53 heavy (non-hydrogen) atoms. The number of unbranched alkanes of at least 4 members (excludes halogenated alkanes) is 2. The van der Waals surface area contributed by atoms with Crippen molar-refractivity contribution in [3.63, 3.8) is 0 Å². The zero-order chi connectivity index (χ0) is 37.9. The van der Waals surface area contributed by atoms with Crippen LogP contribution in [0.5, 0.6) is 0 Å². The number of fused-ring (bicyclic) bond motifs is 2. The van der Waals surface area contributed by atoms with Crippen molar-refractivity contribution >= 4 is 60.2 Å². The minimum absolute atomic E-state index is 0.0501. The molecule has 0 fully saturated rings. The van der Waals surface area contributed by atoms with E-state index in [9.17, 15) is 22.8 Å². The number of hydrogen-bond donors (Lipinski definition) is 3. The number of pyridine rings is 1. The minimum atomic E-state index is -4.02. The molecule has 4 N–H and O–H groups in total. The second kappa shape index (κ2) is 15.4. The maximum Gasteiger partial charge on any atom is 0.284 e. The molecule has 6 rings (SSSR count). The summed E-state index contributed by atoms with van der Waals surface area (Å²) in [4.78, 5) is 49.9. The van der Waals surface area contributed by atoms with E-state index in [1.807, 2.05) is 59.0 Å². The number of amides is 3. The molecule has 0 saturated carbocycles. The fourth-order valence-electron chi connectivity index (χ4n) is 6.42. The van der Waals surface area contributed by atoms with Gasteiger partial charge in [0.2, 0.25) is 15.9 Å². The fourth-order valence-corrected chi connectivity index (χ4v) is 8.35. The van der Waals surface area contributed by atoms with Crippen LogP contribution in [0.1, 0.15) is 84.1 Å². The number of carbonyl (C=O) groups is 3. The van der Waals surface area contributed by atoms with Gasteiger partial charge in [0.15, 0.2) is 5.13 Å². The molecular weight excluding hydrogens is 713 g/mol. The van der Waals surface area contributed by atoms with Crippen molar-refractivity contribution in [3.8, 4) is 11.1 Å². The van der Waals surface area contributed by atoms with Gasteiger partial charge in [0, 0.05) is 48.4 Å². The molecule has 0 unspecified atom stereocenters. The third kappa shape index (κ3) is 9.08. The number of aromatic nitrogens is 4. The first-order valence-electron chi connectivity index (χ1n) is 17.6. The number of primary amides is 1. The van der Waals surface area contributed by atoms with E-state index in [2.05, 4.69) is 40.9 Å². The SMILES string of the molecule is Cc1c(-c2ccc(N3CCc4cccc(C(=O)Nc5nc6ccccc6s5)c4C3)nc2C(=O)NS(=O)(=O)CCCCCC(N)=O)cnn1CC(C)(C)C. The maximum atomic E-state index is 13.9. The van der Waals surface area contributed by atoms with Crippen molar-refractivity contribution in [2.24, 2.45) is 11.1 Å². The van der Waals surface area contributed by atoms with Gasteiger partial charge in [-0.1, -0.05) is 62.8 Å². The van der Waals surface area contributed by atoms with Crippen molar-refractivity contribution in [3.05, 3.63) is 88.9 Å². The molecule has 0 saturated heterocycles. The quantitative estimate of drug-likeness (QED) is 0.125. The van der Waals surface area contributed by atoms with Crippen LogP contribution < -0.4 is 20.7 Å². The Kier molecular flexibility index (Phi) is 11.0. The van der Waals surface area contributed by atoms with E-state index in [1.165, 1.54) is 11.3 Å². The summed E-state index contributed by atoms with van der Waals surface area (Å²) in [7, 11) is -4.02. The first-order valence-corrected chi connectivity index (χ1v) is 20.0. The standard InChI is InChI=1S/C38H44N8O5S2/c1-24-28(21-40-46(24)23-38(2,3)4)26-16-17-33(42-34(26)36(49)44-53(50,51)20-9-5-6-15-32(39)47)45-19-18-25-11-10-12-27(29(25)22-45)35(48)43-37-41-30-13-7-8-14-31(30)52-37/h7-8,10-14,16-17,21H,5-6,9,15,18-20,22-23H2,1-4H3,(H2,39,47)(H,44,49)(H,41,43,48). The number of hydrogen-bond acceptors (Lipinski definition) is 10. The lowest BCUT2D eigenvalue weighted by atomic mass is 9.94. The average molecular weight is 757 g/mol. The molecule has 0 atom stereocenters. The topological polar surface area (TPSA) is 182 Å². The number of benzene rings is 2. The van der Waals surface area contributed by atoms with E-state index in [-0.39, 0.29) is 35.6 Å². The number of para-hydroxylation sites is 1. The van der Waals surface area contributed by atoms with Gasteiger partial charge >= 0.3 is 0 Å². The molecular formula is C38H44N8O5S2. The van der Waals surface area contributed by atoms with Crippen molar-refractivity contribution in [1.82, 2.24) is 24.5 Å². The van der Waals surface area contributed by atoms with Crippen LogP contribution in [0, 0.1) is 12.3 Å². The zero-order valence-electron chi connectivity index (χ0n) is 30.3. The normalized spacial score (nSPS) is 13.2. The third-order valence-electron chi connectivity index (χ3n) is 9.05. The summed E-state index contributed by atoms with van der Waals surface area (Å²) in [6.07, 6.45) is 3.68. The lowest BCUT2D eigenvalue weighted by molar-refractivity contribution is -0.118. The van der Waals surface area contributed by atoms with Crippen LogP contribution in [0.2, 0.25) is 0 Å². The zero-order valence-corrected chi connectivity index (χ0v) is 31.9. The van der Waals surface area contributed by atoms with Gasteiger partial charge in [-0.2, -0.15) is 5.10 Å². The lowest BCUT2D eigenvalue weighted by Crippen LogP contribution is -2.35. The number of anilines is 2. The van der Waals surface area contributed by atoms with Crippen molar-refractivity contribution in [1.29, 1.82) is 0 Å². The fraction of sp³-hybridized carbons (Fsp3) is 0.368. The van der Waals surface area contributed by atoms with Gasteiger partial charge in [-0.25, -0.2) is 23.1 Å². The number of nitrogens with zero attached hydrogens (tertiary/aromatic N) is 5. The number of rotatable bonds is 13. The number of sulfonamides is 1. The molecule has 3 amide bonds. The Morgan fingerprint density at radius 1 is 0.943 bits per heavy atom. The van der Waals surface area contributed by atoms with Crippen LogP contribution in [0.4, 0.5) is 10.9 Å². The van der Waals surface area contributed by atoms with Crippen molar-refractivity contribution < 1.29 is 22.8 Å². The Morgan fingerprint density at radius 2 is 1.74 bits per heavy atom. The van der Waals surface area contributed by atoms with E-state index in [1.54, 1.807) is 18.3 Å². The van der Waals surface area contributed by atoms with Crippen LogP contribution >= 0.6 is 11.3 Å². The summed E-state index contributed by atoms with van der Waals surface area (Å²) in [5.41, 5.74) is 10.2. The molecule has 1 aliphatic heterocycles. The molecule has 3 aromatic heterocycles. The summed E-state index contributed by atoms with van der Waals surface area (Å²) in [5.74, 6) is -1.39. The smallest absolute Gasteiger partial charge is 0.284 e. The number of nitrogens with one attached hydrogen (secondary N) is 2. The van der Waals surface area contributed by atoms with E-state index in [0.29, 0.717) is 66.5 Å². The van der Waals surface area contributed by atoms with Gasteiger partial charge in [-0.3, -0.25) is 24.4 Å². The molecule has 15 heteroatoms. The van der Waals surface area contributed by atoms with Gasteiger partial charge < -0.3 is 10.6 Å². The summed E-state index contributed by atoms with van der Waals surface area (Å²) >= 11 is 1.41. The van der Waals surface area contributed by atoms with Crippen LogP contribution in [-0.4, -0.2) is 58.2 Å². The molecule has 0 radical (unpaired) electrons. The summed E-state index contributed by atoms with van der Waals surface area (Å²) in [6, 6.07) is 17.0. The van der Waals surface area contributed by atoms with E-state index >= 15 is 0 Å². The Morgan fingerprint density at radius 3 is 2.49 bits per heavy atom. The van der Waals surface area contributed by atoms with Crippen LogP contribution in [0.25, 0.3) is 21.3 Å². The second-order valence-electron chi connectivity index (χ2n) is 14.5. The van der Waals surface area contributed by atoms with Gasteiger partial charge in [0.25, 0.3) is 11.8 Å². The Balaban J connectivity index is 1.28. The first kappa shape index (κ1) is 37.6. The summed E-state index contributed by atoms with van der Waals surface area (Å²) < 4.78 is 31.2. The largest absolute Gasteiger partial charge is 0.370 e. The third-order valence-corrected chi connectivity index (χ3v) is 11.3. The number of carbonyl (C=O) groups excluding carboxylic acids is 3. The van der Waals surface area contributed by atoms with Crippen molar-refractivity contribution in [2.75, 3.05) is 22.5 Å². The predicted molar refractivity (Wildman–Crippen MR) is 207 cm³/mol. The van der Waals surface area contributed by atoms with Gasteiger partial charge in [-0.05, 0) is 73.1 Å². The van der Waals surface area contributed by atoms with E-state index in [4.69, 9.17) is 10.7 Å². The molecule has 0 spiro atoms. The Labute approximate surface area is 313 Å². The van der Waals surface area contributed by atoms with Gasteiger partial charge in [0.1, 0.15) is 11.5 Å². The maximum absolute atomic E-state index is 13.9. The highest BCUT2D eigenvalue weighted by Crippen LogP contribution is 2.33. The first-order chi connectivity index (χ1) is 25.2. The van der Waals surface area contributed by atoms with Gasteiger partial charge in [0.05, 0.1) is 22.2 Å². The van der Waals surface area contributed by atoms with Crippen LogP contribution in [-0.2, 0) is 34.3 Å². The minimum Gasteiger partial charge on any atom is -0.370 e. The molecule has 0 aliphatic carbocycles. The number of thiazole rings is 1. The molecule has 0 bridgehead atoms. The monoisotopic (exact) mass is 756 g/mol. The average Bonchev–Trinajstić information content (AvgIpc) is 3.68. The molecule has 13 nitrogen and oxygen atoms in total. The summed E-state index contributed by atoms with van der Waals surface area (Å²) in [6.45, 7) is 9.78. The molecule has 5 aromatic rings. The van der Waals surface area contributed by atoms with E-state index in [0.717, 1.165) is 27.0 Å². The van der Waals surface area contributed by atoms with E-state index < -0.39 is 21.8 Å². The molecule has 4 heterocycles. The highest BCUT2D eigenvalue weighted by atomic mass is 32.2. The molecule has 278 valence electrons. The molecule has 2 aromatic carbocycles. The highest BCUT2D eigenvalue weighted by Gasteiger charge is 2.28. The highest BCUT2D eigenvalue weighted by molar-refractivity contribution is 7.90. The van der Waals surface area contributed by atoms with Crippen molar-refractivity contribution in [2.45, 2.75) is 72.9 Å². The number of nitrogens with two attached hydrogens (primary N) is 1. The Bertz CT molecular complexity index is 2260. The molecule has 1 aliphatic rings. The van der Waals surface area contributed by atoms with Gasteiger partial charge in [-0.15, -0.1) is 0 Å². The lowest BCUT2D eigenvalue weighted by Gasteiger charge is -2.31.